The molecule has 2 aromatic rings. The molecule has 142 valence electrons. The molecule has 8 heteroatoms. The van der Waals surface area contributed by atoms with E-state index in [9.17, 15) is 14.4 Å². The summed E-state index contributed by atoms with van der Waals surface area (Å²) in [5.41, 5.74) is 1.62. The minimum Gasteiger partial charge on any atom is -0.467 e. The first-order valence-corrected chi connectivity index (χ1v) is 8.10. The third-order valence-corrected chi connectivity index (χ3v) is 3.63. The summed E-state index contributed by atoms with van der Waals surface area (Å²) >= 11 is 0. The molecule has 0 aliphatic rings. The van der Waals surface area contributed by atoms with E-state index in [4.69, 9.17) is 4.74 Å². The van der Waals surface area contributed by atoms with Crippen LogP contribution in [0.2, 0.25) is 0 Å². The van der Waals surface area contributed by atoms with Gasteiger partial charge in [0.15, 0.2) is 0 Å². The number of benzene rings is 1. The van der Waals surface area contributed by atoms with Crippen LogP contribution in [0.3, 0.4) is 0 Å². The smallest absolute Gasteiger partial charge is 0.339 e. The summed E-state index contributed by atoms with van der Waals surface area (Å²) in [5, 5.41) is 2.76. The topological polar surface area (TPSA) is 104 Å². The van der Waals surface area contributed by atoms with Crippen molar-refractivity contribution in [3.05, 3.63) is 65.5 Å². The second kappa shape index (κ2) is 10.0. The molecule has 1 unspecified atom stereocenters. The molecule has 0 fully saturated rings. The van der Waals surface area contributed by atoms with E-state index in [-0.39, 0.29) is 13.2 Å². The van der Waals surface area contributed by atoms with Crippen LogP contribution in [0.4, 0.5) is 0 Å². The van der Waals surface area contributed by atoms with Crippen LogP contribution in [0.1, 0.15) is 21.6 Å². The zero-order valence-electron chi connectivity index (χ0n) is 15.0. The number of ether oxygens (including phenoxy) is 3. The maximum absolute atomic E-state index is 12.3. The van der Waals surface area contributed by atoms with Crippen molar-refractivity contribution in [1.82, 2.24) is 10.3 Å². The van der Waals surface area contributed by atoms with Crippen LogP contribution >= 0.6 is 0 Å². The highest BCUT2D eigenvalue weighted by molar-refractivity contribution is 5.99. The molecule has 0 radical (unpaired) electrons. The second-order valence-electron chi connectivity index (χ2n) is 5.46. The van der Waals surface area contributed by atoms with Gasteiger partial charge in [0.2, 0.25) is 6.04 Å². The standard InChI is InChI=1S/C19H20N2O6/c1-25-17(22)14-8-9-15(20-10-14)11-21-16(18(23)26-2)19(24)27-12-13-6-4-3-5-7-13/h3-10,16,21H,11-12H2,1-2H3. The number of hydrogen-bond acceptors (Lipinski definition) is 8. The van der Waals surface area contributed by atoms with Crippen LogP contribution in [0.5, 0.6) is 0 Å². The van der Waals surface area contributed by atoms with Gasteiger partial charge in [-0.2, -0.15) is 0 Å². The molecule has 8 nitrogen and oxygen atoms in total. The lowest BCUT2D eigenvalue weighted by Gasteiger charge is -2.15. The number of aromatic nitrogens is 1. The van der Waals surface area contributed by atoms with Gasteiger partial charge in [0.05, 0.1) is 25.5 Å². The summed E-state index contributed by atoms with van der Waals surface area (Å²) in [5.74, 6) is -2.02. The lowest BCUT2D eigenvalue weighted by atomic mass is 10.2. The maximum atomic E-state index is 12.3. The van der Waals surface area contributed by atoms with E-state index in [2.05, 4.69) is 19.8 Å². The molecule has 1 aromatic carbocycles. The molecule has 0 spiro atoms. The van der Waals surface area contributed by atoms with Gasteiger partial charge in [-0.3, -0.25) is 10.3 Å². The average molecular weight is 372 g/mol. The third-order valence-electron chi connectivity index (χ3n) is 3.63. The molecular weight excluding hydrogens is 352 g/mol. The fourth-order valence-electron chi connectivity index (χ4n) is 2.17. The Bertz CT molecular complexity index is 777. The highest BCUT2D eigenvalue weighted by atomic mass is 16.6. The van der Waals surface area contributed by atoms with Gasteiger partial charge in [0, 0.05) is 12.7 Å². The Balaban J connectivity index is 1.96. The Morgan fingerprint density at radius 1 is 1.00 bits per heavy atom. The zero-order chi connectivity index (χ0) is 19.6. The Kier molecular flexibility index (Phi) is 7.45. The molecule has 1 atom stereocenters. The largest absolute Gasteiger partial charge is 0.467 e. The molecule has 1 heterocycles. The summed E-state index contributed by atoms with van der Waals surface area (Å²) in [6, 6.07) is 10.9. The Morgan fingerprint density at radius 3 is 2.33 bits per heavy atom. The Hall–Kier alpha value is -3.26. The van der Waals surface area contributed by atoms with Crippen LogP contribution in [-0.4, -0.2) is 43.2 Å². The van der Waals surface area contributed by atoms with Crippen molar-refractivity contribution in [2.75, 3.05) is 14.2 Å². The average Bonchev–Trinajstić information content (AvgIpc) is 2.72. The van der Waals surface area contributed by atoms with E-state index in [0.717, 1.165) is 5.56 Å². The number of rotatable bonds is 8. The highest BCUT2D eigenvalue weighted by Gasteiger charge is 2.29. The molecule has 27 heavy (non-hydrogen) atoms. The van der Waals surface area contributed by atoms with Crippen molar-refractivity contribution in [3.8, 4) is 0 Å². The number of methoxy groups -OCH3 is 2. The van der Waals surface area contributed by atoms with Gasteiger partial charge >= 0.3 is 17.9 Å². The Morgan fingerprint density at radius 2 is 1.74 bits per heavy atom. The van der Waals surface area contributed by atoms with Crippen molar-refractivity contribution in [3.63, 3.8) is 0 Å². The fourth-order valence-corrected chi connectivity index (χ4v) is 2.17. The van der Waals surface area contributed by atoms with E-state index < -0.39 is 23.9 Å². The number of hydrogen-bond donors (Lipinski definition) is 1. The minimum absolute atomic E-state index is 0.0426. The lowest BCUT2D eigenvalue weighted by molar-refractivity contribution is -0.157. The number of nitrogens with zero attached hydrogens (tertiary/aromatic N) is 1. The van der Waals surface area contributed by atoms with Gasteiger partial charge in [-0.05, 0) is 17.7 Å². The molecule has 0 bridgehead atoms. The molecule has 1 N–H and O–H groups in total. The van der Waals surface area contributed by atoms with Gasteiger partial charge in [-0.1, -0.05) is 30.3 Å². The summed E-state index contributed by atoms with van der Waals surface area (Å²) < 4.78 is 14.4. The van der Waals surface area contributed by atoms with Crippen LogP contribution in [0.15, 0.2) is 48.7 Å². The van der Waals surface area contributed by atoms with Gasteiger partial charge in [-0.25, -0.2) is 14.4 Å². The molecular formula is C19H20N2O6. The first-order chi connectivity index (χ1) is 13.0. The highest BCUT2D eigenvalue weighted by Crippen LogP contribution is 2.05. The summed E-state index contributed by atoms with van der Waals surface area (Å²) in [6.07, 6.45) is 1.35. The SMILES string of the molecule is COC(=O)c1ccc(CNC(C(=O)OC)C(=O)OCc2ccccc2)nc1. The summed E-state index contributed by atoms with van der Waals surface area (Å²) in [7, 11) is 2.46. The van der Waals surface area contributed by atoms with E-state index >= 15 is 0 Å². The third kappa shape index (κ3) is 5.89. The van der Waals surface area contributed by atoms with Crippen LogP contribution in [0, 0.1) is 0 Å². The van der Waals surface area contributed by atoms with E-state index in [1.54, 1.807) is 18.2 Å². The minimum atomic E-state index is -1.29. The van der Waals surface area contributed by atoms with Gasteiger partial charge in [0.25, 0.3) is 0 Å². The number of pyridine rings is 1. The molecule has 0 aliphatic heterocycles. The maximum Gasteiger partial charge on any atom is 0.339 e. The lowest BCUT2D eigenvalue weighted by Crippen LogP contribution is -2.44. The normalized spacial score (nSPS) is 11.3. The first-order valence-electron chi connectivity index (χ1n) is 8.10. The van der Waals surface area contributed by atoms with E-state index in [0.29, 0.717) is 11.3 Å². The predicted molar refractivity (Wildman–Crippen MR) is 94.5 cm³/mol. The van der Waals surface area contributed by atoms with E-state index in [1.807, 2.05) is 18.2 Å². The monoisotopic (exact) mass is 372 g/mol. The quantitative estimate of drug-likeness (QED) is 0.419. The molecule has 1 aromatic heterocycles. The van der Waals surface area contributed by atoms with Crippen LogP contribution in [-0.2, 0) is 37.0 Å². The van der Waals surface area contributed by atoms with Gasteiger partial charge < -0.3 is 14.2 Å². The molecule has 0 amide bonds. The van der Waals surface area contributed by atoms with Gasteiger partial charge in [-0.15, -0.1) is 0 Å². The van der Waals surface area contributed by atoms with Crippen molar-refractivity contribution in [1.29, 1.82) is 0 Å². The number of carbonyl (C=O) groups is 3. The number of esters is 3. The predicted octanol–water partition coefficient (Wildman–Crippen LogP) is 1.24. The van der Waals surface area contributed by atoms with E-state index in [1.165, 1.54) is 26.5 Å². The van der Waals surface area contributed by atoms with Crippen molar-refractivity contribution in [2.45, 2.75) is 19.2 Å². The summed E-state index contributed by atoms with van der Waals surface area (Å²) in [4.78, 5) is 39.6. The fraction of sp³-hybridized carbons (Fsp3) is 0.263. The molecule has 0 saturated carbocycles. The second-order valence-corrected chi connectivity index (χ2v) is 5.46. The van der Waals surface area contributed by atoms with Crippen molar-refractivity contribution < 1.29 is 28.6 Å². The molecule has 0 saturated heterocycles. The number of carbonyl (C=O) groups excluding carboxylic acids is 3. The van der Waals surface area contributed by atoms with Crippen LogP contribution < -0.4 is 5.32 Å². The molecule has 2 rings (SSSR count). The van der Waals surface area contributed by atoms with Crippen molar-refractivity contribution >= 4 is 17.9 Å². The van der Waals surface area contributed by atoms with Gasteiger partial charge in [0.1, 0.15) is 6.61 Å². The zero-order valence-corrected chi connectivity index (χ0v) is 15.0. The first kappa shape index (κ1) is 20.1. The Labute approximate surface area is 156 Å². The van der Waals surface area contributed by atoms with Crippen molar-refractivity contribution in [2.24, 2.45) is 0 Å². The summed E-state index contributed by atoms with van der Waals surface area (Å²) in [6.45, 7) is 0.141. The molecule has 0 aliphatic carbocycles. The van der Waals surface area contributed by atoms with Crippen LogP contribution in [0.25, 0.3) is 0 Å². The number of nitrogens with one attached hydrogen (secondary N) is 1.